The van der Waals surface area contributed by atoms with Crippen LogP contribution in [0.15, 0.2) is 24.3 Å². The van der Waals surface area contributed by atoms with Gasteiger partial charge in [-0.1, -0.05) is 32.0 Å². The number of nitrogens with one attached hydrogen (secondary N) is 1. The third kappa shape index (κ3) is 3.73. The zero-order valence-corrected chi connectivity index (χ0v) is 12.3. The van der Waals surface area contributed by atoms with Crippen molar-refractivity contribution in [3.63, 3.8) is 0 Å². The number of hydrogen-bond acceptors (Lipinski definition) is 3. The van der Waals surface area contributed by atoms with Gasteiger partial charge in [0.2, 0.25) is 5.91 Å². The molecule has 1 aliphatic heterocycles. The van der Waals surface area contributed by atoms with E-state index < -0.39 is 0 Å². The van der Waals surface area contributed by atoms with Gasteiger partial charge in [0, 0.05) is 12.0 Å². The Hall–Kier alpha value is -1.55. The average Bonchev–Trinajstić information content (AvgIpc) is 2.81. The highest BCUT2D eigenvalue weighted by Crippen LogP contribution is 2.31. The molecule has 0 saturated heterocycles. The quantitative estimate of drug-likeness (QED) is 0.837. The fourth-order valence-electron chi connectivity index (χ4n) is 2.73. The van der Waals surface area contributed by atoms with E-state index in [9.17, 15) is 4.79 Å². The predicted molar refractivity (Wildman–Crippen MR) is 79.4 cm³/mol. The van der Waals surface area contributed by atoms with Crippen LogP contribution in [0.2, 0.25) is 0 Å². The first-order valence-corrected chi connectivity index (χ1v) is 7.31. The minimum Gasteiger partial charge on any atom is -0.491 e. The Morgan fingerprint density at radius 3 is 2.90 bits per heavy atom. The molecule has 1 aliphatic rings. The number of ether oxygens (including phenoxy) is 1. The molecular weight excluding hydrogens is 252 g/mol. The SMILES string of the molecule is CC(C)CC(CN)CC(=O)NC1COc2ccccc21. The molecule has 4 nitrogen and oxygen atoms in total. The standard InChI is InChI=1S/C16H24N2O2/c1-11(2)7-12(9-17)8-16(19)18-14-10-20-15-6-4-3-5-13(14)15/h3-6,11-12,14H,7-10,17H2,1-2H3,(H,18,19). The van der Waals surface area contributed by atoms with Gasteiger partial charge in [0.15, 0.2) is 0 Å². The Bertz CT molecular complexity index is 460. The maximum Gasteiger partial charge on any atom is 0.220 e. The first kappa shape index (κ1) is 14.9. The van der Waals surface area contributed by atoms with Gasteiger partial charge in [0.05, 0.1) is 6.04 Å². The first-order valence-electron chi connectivity index (χ1n) is 7.31. The van der Waals surface area contributed by atoms with Crippen LogP contribution in [-0.4, -0.2) is 19.1 Å². The van der Waals surface area contributed by atoms with Crippen LogP contribution in [0.3, 0.4) is 0 Å². The van der Waals surface area contributed by atoms with Crippen molar-refractivity contribution in [1.82, 2.24) is 5.32 Å². The molecule has 1 aromatic rings. The molecule has 110 valence electrons. The summed E-state index contributed by atoms with van der Waals surface area (Å²) in [5.74, 6) is 1.75. The van der Waals surface area contributed by atoms with Crippen LogP contribution in [-0.2, 0) is 4.79 Å². The van der Waals surface area contributed by atoms with Crippen molar-refractivity contribution >= 4 is 5.91 Å². The van der Waals surface area contributed by atoms with E-state index in [1.54, 1.807) is 0 Å². The van der Waals surface area contributed by atoms with Gasteiger partial charge in [-0.2, -0.15) is 0 Å². The summed E-state index contributed by atoms with van der Waals surface area (Å²) in [5, 5.41) is 3.05. The molecule has 2 unspecified atom stereocenters. The Morgan fingerprint density at radius 2 is 2.20 bits per heavy atom. The van der Waals surface area contributed by atoms with Gasteiger partial charge in [-0.3, -0.25) is 4.79 Å². The molecule has 1 amide bonds. The number of amides is 1. The molecule has 1 heterocycles. The van der Waals surface area contributed by atoms with E-state index in [4.69, 9.17) is 10.5 Å². The van der Waals surface area contributed by atoms with Gasteiger partial charge in [0.1, 0.15) is 12.4 Å². The van der Waals surface area contributed by atoms with Crippen molar-refractivity contribution in [3.05, 3.63) is 29.8 Å². The van der Waals surface area contributed by atoms with Crippen molar-refractivity contribution in [1.29, 1.82) is 0 Å². The third-order valence-corrected chi connectivity index (χ3v) is 3.65. The number of fused-ring (bicyclic) bond motifs is 1. The highest BCUT2D eigenvalue weighted by molar-refractivity contribution is 5.77. The Morgan fingerprint density at radius 1 is 1.45 bits per heavy atom. The van der Waals surface area contributed by atoms with Crippen LogP contribution >= 0.6 is 0 Å². The first-order chi connectivity index (χ1) is 9.60. The van der Waals surface area contributed by atoms with Crippen LogP contribution in [0.25, 0.3) is 0 Å². The maximum atomic E-state index is 12.1. The van der Waals surface area contributed by atoms with E-state index in [-0.39, 0.29) is 17.9 Å². The van der Waals surface area contributed by atoms with Crippen molar-refractivity contribution in [2.45, 2.75) is 32.7 Å². The van der Waals surface area contributed by atoms with E-state index in [1.807, 2.05) is 24.3 Å². The van der Waals surface area contributed by atoms with E-state index in [2.05, 4.69) is 19.2 Å². The van der Waals surface area contributed by atoms with Gasteiger partial charge in [0.25, 0.3) is 0 Å². The second-order valence-electron chi connectivity index (χ2n) is 5.90. The smallest absolute Gasteiger partial charge is 0.220 e. The molecule has 0 saturated carbocycles. The summed E-state index contributed by atoms with van der Waals surface area (Å²) < 4.78 is 5.57. The number of carbonyl (C=O) groups excluding carboxylic acids is 1. The van der Waals surface area contributed by atoms with Crippen LogP contribution in [0.4, 0.5) is 0 Å². The molecule has 0 radical (unpaired) electrons. The molecule has 1 aromatic carbocycles. The average molecular weight is 276 g/mol. The summed E-state index contributed by atoms with van der Waals surface area (Å²) in [4.78, 5) is 12.1. The minimum absolute atomic E-state index is 0.0313. The molecule has 2 rings (SSSR count). The molecule has 2 atom stereocenters. The lowest BCUT2D eigenvalue weighted by atomic mass is 9.94. The fraction of sp³-hybridized carbons (Fsp3) is 0.562. The minimum atomic E-state index is -0.0313. The highest BCUT2D eigenvalue weighted by Gasteiger charge is 2.25. The molecule has 0 bridgehead atoms. The monoisotopic (exact) mass is 276 g/mol. The van der Waals surface area contributed by atoms with E-state index in [0.717, 1.165) is 17.7 Å². The van der Waals surface area contributed by atoms with Gasteiger partial charge >= 0.3 is 0 Å². The maximum absolute atomic E-state index is 12.1. The summed E-state index contributed by atoms with van der Waals surface area (Å²) in [6.07, 6.45) is 1.48. The van der Waals surface area contributed by atoms with Crippen molar-refractivity contribution in [2.24, 2.45) is 17.6 Å². The zero-order valence-electron chi connectivity index (χ0n) is 12.3. The predicted octanol–water partition coefficient (Wildman–Crippen LogP) is 2.25. The second-order valence-corrected chi connectivity index (χ2v) is 5.90. The van der Waals surface area contributed by atoms with Crippen LogP contribution in [0.1, 0.15) is 38.3 Å². The summed E-state index contributed by atoms with van der Waals surface area (Å²) in [6.45, 7) is 5.38. The number of para-hydroxylation sites is 1. The van der Waals surface area contributed by atoms with Crippen molar-refractivity contribution < 1.29 is 9.53 Å². The number of hydrogen-bond donors (Lipinski definition) is 2. The van der Waals surface area contributed by atoms with Gasteiger partial charge in [-0.25, -0.2) is 0 Å². The summed E-state index contributed by atoms with van der Waals surface area (Å²) in [7, 11) is 0. The summed E-state index contributed by atoms with van der Waals surface area (Å²) >= 11 is 0. The Labute approximate surface area is 120 Å². The molecule has 20 heavy (non-hydrogen) atoms. The number of nitrogens with two attached hydrogens (primary N) is 1. The lowest BCUT2D eigenvalue weighted by Gasteiger charge is -2.18. The lowest BCUT2D eigenvalue weighted by Crippen LogP contribution is -2.32. The highest BCUT2D eigenvalue weighted by atomic mass is 16.5. The van der Waals surface area contributed by atoms with Gasteiger partial charge in [-0.05, 0) is 30.9 Å². The summed E-state index contributed by atoms with van der Waals surface area (Å²) in [5.41, 5.74) is 6.81. The normalized spacial score (nSPS) is 18.5. The third-order valence-electron chi connectivity index (χ3n) is 3.65. The lowest BCUT2D eigenvalue weighted by molar-refractivity contribution is -0.122. The number of rotatable bonds is 6. The second kappa shape index (κ2) is 6.75. The molecule has 0 aromatic heterocycles. The molecule has 3 N–H and O–H groups in total. The van der Waals surface area contributed by atoms with Gasteiger partial charge < -0.3 is 15.8 Å². The topological polar surface area (TPSA) is 64.4 Å². The van der Waals surface area contributed by atoms with E-state index >= 15 is 0 Å². The molecule has 0 fully saturated rings. The molecule has 0 aliphatic carbocycles. The summed E-state index contributed by atoms with van der Waals surface area (Å²) in [6, 6.07) is 7.81. The van der Waals surface area contributed by atoms with Gasteiger partial charge in [-0.15, -0.1) is 0 Å². The largest absolute Gasteiger partial charge is 0.491 e. The fourth-order valence-corrected chi connectivity index (χ4v) is 2.73. The molecule has 0 spiro atoms. The van der Waals surface area contributed by atoms with E-state index in [1.165, 1.54) is 0 Å². The van der Waals surface area contributed by atoms with Crippen molar-refractivity contribution in [2.75, 3.05) is 13.2 Å². The molecule has 4 heteroatoms. The molecular formula is C16H24N2O2. The van der Waals surface area contributed by atoms with E-state index in [0.29, 0.717) is 25.5 Å². The van der Waals surface area contributed by atoms with Crippen LogP contribution in [0, 0.1) is 11.8 Å². The Kier molecular flexibility index (Phi) is 5.01. The number of carbonyl (C=O) groups is 1. The van der Waals surface area contributed by atoms with Crippen molar-refractivity contribution in [3.8, 4) is 5.75 Å². The van der Waals surface area contributed by atoms with Crippen LogP contribution < -0.4 is 15.8 Å². The van der Waals surface area contributed by atoms with Crippen LogP contribution in [0.5, 0.6) is 5.75 Å². The zero-order chi connectivity index (χ0) is 14.5. The number of benzene rings is 1. The Balaban J connectivity index is 1.89.